The lowest BCUT2D eigenvalue weighted by Gasteiger charge is -2.19. The average Bonchev–Trinajstić information content (AvgIpc) is 2.25. The van der Waals surface area contributed by atoms with E-state index in [2.05, 4.69) is 10.3 Å². The standard InChI is InChI=1S/C11H15ClN2O2/c1-7(2)10(6-15)14-11(16)8-5-13-4-3-9(8)12/h3-5,7,10,15H,6H2,1-2H3,(H,14,16)/t10-/m1/s1. The number of carbonyl (C=O) groups is 1. The Balaban J connectivity index is 2.76. The number of hydrogen-bond donors (Lipinski definition) is 2. The summed E-state index contributed by atoms with van der Waals surface area (Å²) in [5.41, 5.74) is 0.322. The zero-order chi connectivity index (χ0) is 12.1. The highest BCUT2D eigenvalue weighted by Gasteiger charge is 2.17. The number of halogens is 1. The van der Waals surface area contributed by atoms with Gasteiger partial charge in [0, 0.05) is 12.4 Å². The second-order valence-electron chi connectivity index (χ2n) is 3.86. The lowest BCUT2D eigenvalue weighted by Crippen LogP contribution is -2.41. The van der Waals surface area contributed by atoms with Crippen LogP contribution in [0.5, 0.6) is 0 Å². The maximum Gasteiger partial charge on any atom is 0.254 e. The van der Waals surface area contributed by atoms with Gasteiger partial charge in [-0.25, -0.2) is 0 Å². The summed E-state index contributed by atoms with van der Waals surface area (Å²) in [7, 11) is 0. The molecular weight excluding hydrogens is 228 g/mol. The number of amides is 1. The molecule has 1 aromatic rings. The highest BCUT2D eigenvalue weighted by Crippen LogP contribution is 2.13. The molecule has 0 aliphatic carbocycles. The molecule has 1 heterocycles. The van der Waals surface area contributed by atoms with E-state index < -0.39 is 0 Å². The van der Waals surface area contributed by atoms with Gasteiger partial charge in [0.1, 0.15) is 0 Å². The van der Waals surface area contributed by atoms with Gasteiger partial charge in [0.05, 0.1) is 23.2 Å². The fourth-order valence-electron chi connectivity index (χ4n) is 1.21. The Hall–Kier alpha value is -1.13. The smallest absolute Gasteiger partial charge is 0.254 e. The van der Waals surface area contributed by atoms with Crippen LogP contribution in [0.2, 0.25) is 5.02 Å². The summed E-state index contributed by atoms with van der Waals surface area (Å²) in [6.07, 6.45) is 2.93. The third-order valence-electron chi connectivity index (χ3n) is 2.33. The Morgan fingerprint density at radius 1 is 1.62 bits per heavy atom. The van der Waals surface area contributed by atoms with E-state index >= 15 is 0 Å². The molecule has 0 saturated heterocycles. The second-order valence-corrected chi connectivity index (χ2v) is 4.27. The third-order valence-corrected chi connectivity index (χ3v) is 2.66. The minimum absolute atomic E-state index is 0.0959. The van der Waals surface area contributed by atoms with Crippen molar-refractivity contribution in [2.24, 2.45) is 5.92 Å². The first-order chi connectivity index (χ1) is 7.56. The normalized spacial score (nSPS) is 12.6. The van der Waals surface area contributed by atoms with Gasteiger partial charge in [-0.2, -0.15) is 0 Å². The molecule has 0 aliphatic rings. The van der Waals surface area contributed by atoms with Crippen LogP contribution in [0, 0.1) is 5.92 Å². The van der Waals surface area contributed by atoms with E-state index in [9.17, 15) is 4.79 Å². The van der Waals surface area contributed by atoms with E-state index in [0.29, 0.717) is 10.6 Å². The van der Waals surface area contributed by atoms with Crippen molar-refractivity contribution in [3.8, 4) is 0 Å². The molecule has 1 amide bonds. The van der Waals surface area contributed by atoms with Crippen LogP contribution in [0.25, 0.3) is 0 Å². The number of nitrogens with zero attached hydrogens (tertiary/aromatic N) is 1. The van der Waals surface area contributed by atoms with Gasteiger partial charge in [0.2, 0.25) is 0 Å². The number of carbonyl (C=O) groups excluding carboxylic acids is 1. The average molecular weight is 243 g/mol. The molecule has 2 N–H and O–H groups in total. The molecule has 88 valence electrons. The van der Waals surface area contributed by atoms with Crippen LogP contribution < -0.4 is 5.32 Å². The van der Waals surface area contributed by atoms with Crippen molar-refractivity contribution >= 4 is 17.5 Å². The molecule has 0 saturated carbocycles. The molecule has 0 aliphatic heterocycles. The maximum absolute atomic E-state index is 11.8. The van der Waals surface area contributed by atoms with E-state index in [1.807, 2.05) is 13.8 Å². The summed E-state index contributed by atoms with van der Waals surface area (Å²) in [5, 5.41) is 12.2. The number of aromatic nitrogens is 1. The first kappa shape index (κ1) is 12.9. The Morgan fingerprint density at radius 2 is 2.31 bits per heavy atom. The van der Waals surface area contributed by atoms with Crippen molar-refractivity contribution in [2.75, 3.05) is 6.61 Å². The molecule has 1 atom stereocenters. The lowest BCUT2D eigenvalue weighted by atomic mass is 10.1. The number of nitrogens with one attached hydrogen (secondary N) is 1. The lowest BCUT2D eigenvalue weighted by molar-refractivity contribution is 0.0896. The van der Waals surface area contributed by atoms with E-state index in [4.69, 9.17) is 16.7 Å². The fourth-order valence-corrected chi connectivity index (χ4v) is 1.40. The minimum atomic E-state index is -0.314. The van der Waals surface area contributed by atoms with Gasteiger partial charge in [-0.05, 0) is 12.0 Å². The molecule has 0 unspecified atom stereocenters. The summed E-state index contributed by atoms with van der Waals surface area (Å²) in [4.78, 5) is 15.6. The second kappa shape index (κ2) is 5.82. The van der Waals surface area contributed by atoms with E-state index in [-0.39, 0.29) is 24.5 Å². The highest BCUT2D eigenvalue weighted by molar-refractivity contribution is 6.33. The number of pyridine rings is 1. The van der Waals surface area contributed by atoms with Gasteiger partial charge in [-0.1, -0.05) is 25.4 Å². The predicted molar refractivity (Wildman–Crippen MR) is 62.4 cm³/mol. The minimum Gasteiger partial charge on any atom is -0.394 e. The van der Waals surface area contributed by atoms with Crippen molar-refractivity contribution in [3.63, 3.8) is 0 Å². The number of aliphatic hydroxyl groups excluding tert-OH is 1. The topological polar surface area (TPSA) is 62.2 Å². The zero-order valence-corrected chi connectivity index (χ0v) is 10.0. The van der Waals surface area contributed by atoms with Gasteiger partial charge >= 0.3 is 0 Å². The monoisotopic (exact) mass is 242 g/mol. The SMILES string of the molecule is CC(C)[C@@H](CO)NC(=O)c1cnccc1Cl. The molecule has 0 fully saturated rings. The van der Waals surface area contributed by atoms with Crippen molar-refractivity contribution < 1.29 is 9.90 Å². The Bertz CT molecular complexity index is 369. The number of aliphatic hydroxyl groups is 1. The van der Waals surface area contributed by atoms with Crippen LogP contribution in [0.3, 0.4) is 0 Å². The Morgan fingerprint density at radius 3 is 2.81 bits per heavy atom. The molecule has 1 rings (SSSR count). The van der Waals surface area contributed by atoms with Crippen LogP contribution in [-0.4, -0.2) is 28.6 Å². The number of rotatable bonds is 4. The molecule has 16 heavy (non-hydrogen) atoms. The fraction of sp³-hybridized carbons (Fsp3) is 0.455. The third kappa shape index (κ3) is 3.18. The molecule has 4 nitrogen and oxygen atoms in total. The van der Waals surface area contributed by atoms with E-state index in [1.165, 1.54) is 12.4 Å². The van der Waals surface area contributed by atoms with Crippen molar-refractivity contribution in [1.82, 2.24) is 10.3 Å². The van der Waals surface area contributed by atoms with E-state index in [1.54, 1.807) is 6.07 Å². The summed E-state index contributed by atoms with van der Waals surface area (Å²) in [6, 6.07) is 1.28. The van der Waals surface area contributed by atoms with Gasteiger partial charge < -0.3 is 10.4 Å². The van der Waals surface area contributed by atoms with Crippen LogP contribution in [0.15, 0.2) is 18.5 Å². The van der Waals surface area contributed by atoms with E-state index in [0.717, 1.165) is 0 Å². The summed E-state index contributed by atoms with van der Waals surface area (Å²) in [6.45, 7) is 3.75. The quantitative estimate of drug-likeness (QED) is 0.841. The van der Waals surface area contributed by atoms with Crippen LogP contribution in [0.1, 0.15) is 24.2 Å². The Kier molecular flexibility index (Phi) is 4.71. The van der Waals surface area contributed by atoms with Crippen LogP contribution in [0.4, 0.5) is 0 Å². The van der Waals surface area contributed by atoms with Gasteiger partial charge in [-0.15, -0.1) is 0 Å². The first-order valence-electron chi connectivity index (χ1n) is 5.07. The van der Waals surface area contributed by atoms with Crippen LogP contribution in [-0.2, 0) is 0 Å². The first-order valence-corrected chi connectivity index (χ1v) is 5.45. The number of hydrogen-bond acceptors (Lipinski definition) is 3. The predicted octanol–water partition coefficient (Wildman–Crippen LogP) is 1.48. The molecular formula is C11H15ClN2O2. The molecule has 1 aromatic heterocycles. The summed E-state index contributed by atoms with van der Waals surface area (Å²) in [5.74, 6) is -0.157. The Labute approximate surface area is 99.6 Å². The largest absolute Gasteiger partial charge is 0.394 e. The van der Waals surface area contributed by atoms with Crippen molar-refractivity contribution in [1.29, 1.82) is 0 Å². The van der Waals surface area contributed by atoms with Crippen LogP contribution >= 0.6 is 11.6 Å². The molecule has 5 heteroatoms. The molecule has 0 spiro atoms. The van der Waals surface area contributed by atoms with Crippen molar-refractivity contribution in [3.05, 3.63) is 29.0 Å². The zero-order valence-electron chi connectivity index (χ0n) is 9.27. The highest BCUT2D eigenvalue weighted by atomic mass is 35.5. The van der Waals surface area contributed by atoms with Gasteiger partial charge in [0.15, 0.2) is 0 Å². The van der Waals surface area contributed by atoms with Crippen molar-refractivity contribution in [2.45, 2.75) is 19.9 Å². The molecule has 0 radical (unpaired) electrons. The summed E-state index contributed by atoms with van der Waals surface area (Å²) >= 11 is 5.86. The maximum atomic E-state index is 11.8. The molecule has 0 aromatic carbocycles. The van der Waals surface area contributed by atoms with Gasteiger partial charge in [0.25, 0.3) is 5.91 Å². The molecule has 0 bridgehead atoms. The van der Waals surface area contributed by atoms with Gasteiger partial charge in [-0.3, -0.25) is 9.78 Å². The summed E-state index contributed by atoms with van der Waals surface area (Å²) < 4.78 is 0.